The lowest BCUT2D eigenvalue weighted by atomic mass is 10.1. The minimum absolute atomic E-state index is 0.231. The van der Waals surface area contributed by atoms with E-state index in [0.717, 1.165) is 26.8 Å². The van der Waals surface area contributed by atoms with Crippen molar-refractivity contribution in [1.82, 2.24) is 4.90 Å². The molecule has 0 radical (unpaired) electrons. The summed E-state index contributed by atoms with van der Waals surface area (Å²) >= 11 is 14.8. The van der Waals surface area contributed by atoms with Crippen LogP contribution in [0.5, 0.6) is 0 Å². The molecule has 1 aliphatic rings. The van der Waals surface area contributed by atoms with Crippen molar-refractivity contribution >= 4 is 50.9 Å². The Kier molecular flexibility index (Phi) is 8.68. The van der Waals surface area contributed by atoms with E-state index in [0.29, 0.717) is 13.1 Å². The summed E-state index contributed by atoms with van der Waals surface area (Å²) < 4.78 is 6.49. The summed E-state index contributed by atoms with van der Waals surface area (Å²) in [6, 6.07) is 15.5. The zero-order chi connectivity index (χ0) is 21.6. The maximum absolute atomic E-state index is 12.1. The highest BCUT2D eigenvalue weighted by Crippen LogP contribution is 2.23. The van der Waals surface area contributed by atoms with E-state index in [1.807, 2.05) is 69.3 Å². The van der Waals surface area contributed by atoms with E-state index in [2.05, 4.69) is 27.8 Å². The van der Waals surface area contributed by atoms with E-state index in [1.54, 1.807) is 4.90 Å². The number of piperazine rings is 1. The second-order valence-corrected chi connectivity index (χ2v) is 9.67. The molecule has 2 aromatic carbocycles. The van der Waals surface area contributed by atoms with Gasteiger partial charge in [-0.25, -0.2) is 4.79 Å². The van der Waals surface area contributed by atoms with Crippen LogP contribution in [0, 0.1) is 0 Å². The second kappa shape index (κ2) is 10.6. The Morgan fingerprint density at radius 3 is 1.97 bits per heavy atom. The number of anilines is 1. The molecule has 1 heterocycles. The SMILES string of the molecule is C[C@@H]1CN(C(=O)OC(C)(C)C)CCN1c1ccc(Cl)cc1.Clc1ccc(Br)cc1. The minimum atomic E-state index is -0.451. The first-order valence-corrected chi connectivity index (χ1v) is 11.0. The van der Waals surface area contributed by atoms with Gasteiger partial charge >= 0.3 is 6.09 Å². The Balaban J connectivity index is 0.000000313. The highest BCUT2D eigenvalue weighted by Gasteiger charge is 2.29. The number of benzene rings is 2. The van der Waals surface area contributed by atoms with Crippen LogP contribution in [0.1, 0.15) is 27.7 Å². The number of halogens is 3. The van der Waals surface area contributed by atoms with Crippen molar-refractivity contribution in [1.29, 1.82) is 0 Å². The van der Waals surface area contributed by atoms with Crippen LogP contribution in [-0.4, -0.2) is 42.3 Å². The minimum Gasteiger partial charge on any atom is -0.444 e. The molecular weight excluding hydrogens is 475 g/mol. The quantitative estimate of drug-likeness (QED) is 0.426. The Labute approximate surface area is 191 Å². The number of nitrogens with zero attached hydrogens (tertiary/aromatic N) is 2. The molecule has 1 amide bonds. The van der Waals surface area contributed by atoms with Gasteiger partial charge in [-0.2, -0.15) is 0 Å². The fourth-order valence-corrected chi connectivity index (χ4v) is 3.41. The first kappa shape index (κ1) is 23.8. The molecule has 29 heavy (non-hydrogen) atoms. The topological polar surface area (TPSA) is 32.8 Å². The molecule has 0 saturated carbocycles. The molecule has 158 valence electrons. The number of amides is 1. The van der Waals surface area contributed by atoms with Crippen molar-refractivity contribution in [2.24, 2.45) is 0 Å². The highest BCUT2D eigenvalue weighted by molar-refractivity contribution is 9.10. The number of hydrogen-bond donors (Lipinski definition) is 0. The summed E-state index contributed by atoms with van der Waals surface area (Å²) in [6.45, 7) is 9.90. The zero-order valence-corrected chi connectivity index (χ0v) is 20.3. The van der Waals surface area contributed by atoms with E-state index in [1.165, 1.54) is 0 Å². The average molecular weight is 502 g/mol. The van der Waals surface area contributed by atoms with Crippen molar-refractivity contribution in [2.45, 2.75) is 39.3 Å². The number of rotatable bonds is 1. The molecule has 1 atom stereocenters. The molecule has 1 aliphatic heterocycles. The van der Waals surface area contributed by atoms with Gasteiger partial charge in [0.1, 0.15) is 5.60 Å². The maximum atomic E-state index is 12.1. The molecule has 1 fully saturated rings. The van der Waals surface area contributed by atoms with E-state index in [4.69, 9.17) is 27.9 Å². The van der Waals surface area contributed by atoms with Crippen LogP contribution in [0.3, 0.4) is 0 Å². The van der Waals surface area contributed by atoms with Crippen LogP contribution in [0.2, 0.25) is 10.0 Å². The molecule has 0 aromatic heterocycles. The maximum Gasteiger partial charge on any atom is 0.410 e. The van der Waals surface area contributed by atoms with Crippen LogP contribution in [0.25, 0.3) is 0 Å². The fraction of sp³-hybridized carbons (Fsp3) is 0.409. The molecule has 0 unspecified atom stereocenters. The average Bonchev–Trinajstić information content (AvgIpc) is 2.64. The summed E-state index contributed by atoms with van der Waals surface area (Å²) in [5.74, 6) is 0. The standard InChI is InChI=1S/C16H23ClN2O2.C6H4BrCl/c1-12-11-18(15(20)21-16(2,3)4)9-10-19(12)14-7-5-13(17)6-8-14;7-5-1-3-6(8)4-2-5/h5-8,12H,9-11H2,1-4H3;1-4H/t12-;/m1./s1. The summed E-state index contributed by atoms with van der Waals surface area (Å²) in [6.07, 6.45) is -0.231. The first-order chi connectivity index (χ1) is 13.5. The number of hydrogen-bond acceptors (Lipinski definition) is 3. The molecule has 0 N–H and O–H groups in total. The van der Waals surface area contributed by atoms with Crippen LogP contribution < -0.4 is 4.90 Å². The molecule has 3 rings (SSSR count). The summed E-state index contributed by atoms with van der Waals surface area (Å²) in [5.41, 5.74) is 0.684. The highest BCUT2D eigenvalue weighted by atomic mass is 79.9. The lowest BCUT2D eigenvalue weighted by Crippen LogP contribution is -2.54. The molecule has 1 saturated heterocycles. The van der Waals surface area contributed by atoms with Gasteiger partial charge in [-0.15, -0.1) is 0 Å². The molecule has 0 bridgehead atoms. The number of carbonyl (C=O) groups is 1. The van der Waals surface area contributed by atoms with Crippen LogP contribution in [0.4, 0.5) is 10.5 Å². The molecule has 0 spiro atoms. The monoisotopic (exact) mass is 500 g/mol. The van der Waals surface area contributed by atoms with Crippen molar-refractivity contribution in [2.75, 3.05) is 24.5 Å². The van der Waals surface area contributed by atoms with Crippen LogP contribution >= 0.6 is 39.1 Å². The van der Waals surface area contributed by atoms with Crippen LogP contribution in [-0.2, 0) is 4.74 Å². The molecular formula is C22H27BrCl2N2O2. The predicted octanol–water partition coefficient (Wildman–Crippen LogP) is 6.89. The van der Waals surface area contributed by atoms with Gasteiger partial charge in [0.2, 0.25) is 0 Å². The molecule has 0 aliphatic carbocycles. The van der Waals surface area contributed by atoms with Crippen molar-refractivity contribution in [3.63, 3.8) is 0 Å². The van der Waals surface area contributed by atoms with Gasteiger partial charge in [0, 0.05) is 45.9 Å². The molecule has 4 nitrogen and oxygen atoms in total. The van der Waals surface area contributed by atoms with Gasteiger partial charge in [-0.3, -0.25) is 0 Å². The lowest BCUT2D eigenvalue weighted by molar-refractivity contribution is 0.0219. The van der Waals surface area contributed by atoms with Gasteiger partial charge in [0.25, 0.3) is 0 Å². The van der Waals surface area contributed by atoms with Gasteiger partial charge in [0.15, 0.2) is 0 Å². The third-order valence-corrected chi connectivity index (χ3v) is 5.27. The molecule has 2 aromatic rings. The van der Waals surface area contributed by atoms with Gasteiger partial charge in [-0.1, -0.05) is 39.1 Å². The molecule has 7 heteroatoms. The Bertz CT molecular complexity index is 771. The van der Waals surface area contributed by atoms with E-state index in [-0.39, 0.29) is 12.1 Å². The summed E-state index contributed by atoms with van der Waals surface area (Å²) in [7, 11) is 0. The van der Waals surface area contributed by atoms with Crippen molar-refractivity contribution in [3.05, 3.63) is 63.0 Å². The number of ether oxygens (including phenoxy) is 1. The first-order valence-electron chi connectivity index (χ1n) is 9.46. The fourth-order valence-electron chi connectivity index (χ4n) is 2.90. The van der Waals surface area contributed by atoms with E-state index >= 15 is 0 Å². The second-order valence-electron chi connectivity index (χ2n) is 7.88. The van der Waals surface area contributed by atoms with Crippen molar-refractivity contribution < 1.29 is 9.53 Å². The lowest BCUT2D eigenvalue weighted by Gasteiger charge is -2.41. The van der Waals surface area contributed by atoms with E-state index < -0.39 is 5.60 Å². The van der Waals surface area contributed by atoms with Gasteiger partial charge in [0.05, 0.1) is 0 Å². The summed E-state index contributed by atoms with van der Waals surface area (Å²) in [4.78, 5) is 16.2. The number of carbonyl (C=O) groups excluding carboxylic acids is 1. The van der Waals surface area contributed by atoms with Crippen LogP contribution in [0.15, 0.2) is 53.0 Å². The third kappa shape index (κ3) is 8.07. The normalized spacial score (nSPS) is 16.7. The largest absolute Gasteiger partial charge is 0.444 e. The Morgan fingerprint density at radius 2 is 1.52 bits per heavy atom. The van der Waals surface area contributed by atoms with E-state index in [9.17, 15) is 4.79 Å². The third-order valence-electron chi connectivity index (χ3n) is 4.24. The van der Waals surface area contributed by atoms with Gasteiger partial charge < -0.3 is 14.5 Å². The zero-order valence-electron chi connectivity index (χ0n) is 17.2. The Hall–Kier alpha value is -1.43. The smallest absolute Gasteiger partial charge is 0.410 e. The van der Waals surface area contributed by atoms with Crippen molar-refractivity contribution in [3.8, 4) is 0 Å². The predicted molar refractivity (Wildman–Crippen MR) is 125 cm³/mol. The Morgan fingerprint density at radius 1 is 1.00 bits per heavy atom. The van der Waals surface area contributed by atoms with Gasteiger partial charge in [-0.05, 0) is 76.2 Å². The summed E-state index contributed by atoms with van der Waals surface area (Å²) in [5, 5.41) is 1.51.